The number of carbonyl (C=O) groups excluding carboxylic acids is 1. The third kappa shape index (κ3) is 2.03. The monoisotopic (exact) mass is 271 g/mol. The lowest BCUT2D eigenvalue weighted by atomic mass is 9.75. The van der Waals surface area contributed by atoms with Crippen LogP contribution in [0.3, 0.4) is 0 Å². The smallest absolute Gasteiger partial charge is 0.408 e. The average Bonchev–Trinajstić information content (AvgIpc) is 2.51. The number of fused-ring (bicyclic) bond motifs is 2. The first kappa shape index (κ1) is 14.6. The third-order valence-corrected chi connectivity index (χ3v) is 4.89. The fraction of sp³-hybridized carbons (Fsp3) is 0.929. The van der Waals surface area contributed by atoms with E-state index in [1.807, 2.05) is 13.8 Å². The van der Waals surface area contributed by atoms with Crippen LogP contribution in [0.1, 0.15) is 47.5 Å². The van der Waals surface area contributed by atoms with E-state index in [4.69, 9.17) is 4.74 Å². The number of aliphatic hydroxyl groups excluding tert-OH is 2. The van der Waals surface area contributed by atoms with Crippen LogP contribution in [0.25, 0.3) is 0 Å². The predicted octanol–water partition coefficient (Wildman–Crippen LogP) is 1.42. The maximum absolute atomic E-state index is 12.0. The van der Waals surface area contributed by atoms with Crippen molar-refractivity contribution in [1.82, 2.24) is 5.32 Å². The minimum atomic E-state index is -0.936. The standard InChI is InChI=1S/C14H25NO4/c1-12(2,3)19-11(18)15-14-7-6-8(13(14,4)5)9(16)10(14)17/h8-10,16-17H,6-7H2,1-5H3,(H,15,18)/t8-,9+,10+,14+/m0/s1. The summed E-state index contributed by atoms with van der Waals surface area (Å²) in [5.41, 5.74) is -1.72. The third-order valence-electron chi connectivity index (χ3n) is 4.89. The maximum Gasteiger partial charge on any atom is 0.408 e. The molecule has 0 aromatic carbocycles. The molecule has 0 aromatic rings. The van der Waals surface area contributed by atoms with Gasteiger partial charge in [0.2, 0.25) is 0 Å². The van der Waals surface area contributed by atoms with Gasteiger partial charge in [-0.15, -0.1) is 0 Å². The molecule has 110 valence electrons. The zero-order valence-corrected chi connectivity index (χ0v) is 12.4. The summed E-state index contributed by atoms with van der Waals surface area (Å²) in [6, 6.07) is 0. The normalized spacial score (nSPS) is 40.3. The number of amides is 1. The van der Waals surface area contributed by atoms with E-state index in [0.29, 0.717) is 6.42 Å². The van der Waals surface area contributed by atoms with Crippen LogP contribution in [-0.2, 0) is 4.74 Å². The van der Waals surface area contributed by atoms with E-state index in [9.17, 15) is 15.0 Å². The number of rotatable bonds is 1. The van der Waals surface area contributed by atoms with Gasteiger partial charge in [0.05, 0.1) is 11.6 Å². The number of hydrogen-bond acceptors (Lipinski definition) is 4. The summed E-state index contributed by atoms with van der Waals surface area (Å²) in [6.45, 7) is 9.37. The molecule has 5 nitrogen and oxygen atoms in total. The van der Waals surface area contributed by atoms with Crippen molar-refractivity contribution < 1.29 is 19.7 Å². The SMILES string of the molecule is CC(C)(C)OC(=O)N[C@]12CC[C@@H]([C@@H](O)[C@H]1O)C2(C)C. The molecule has 2 rings (SSSR count). The first-order chi connectivity index (χ1) is 8.51. The number of ether oxygens (including phenoxy) is 1. The number of aliphatic hydroxyl groups is 2. The molecule has 0 radical (unpaired) electrons. The molecule has 0 unspecified atom stereocenters. The molecule has 0 aliphatic heterocycles. The Morgan fingerprint density at radius 1 is 1.32 bits per heavy atom. The Labute approximate surface area is 114 Å². The van der Waals surface area contributed by atoms with Crippen molar-refractivity contribution in [3.63, 3.8) is 0 Å². The summed E-state index contributed by atoms with van der Waals surface area (Å²) < 4.78 is 5.28. The van der Waals surface area contributed by atoms with Gasteiger partial charge in [-0.05, 0) is 44.9 Å². The molecule has 0 aromatic heterocycles. The Balaban J connectivity index is 2.20. The molecule has 2 fully saturated rings. The van der Waals surface area contributed by atoms with Gasteiger partial charge >= 0.3 is 6.09 Å². The van der Waals surface area contributed by atoms with Crippen molar-refractivity contribution >= 4 is 6.09 Å². The lowest BCUT2D eigenvalue weighted by Crippen LogP contribution is -2.61. The molecule has 2 aliphatic rings. The second kappa shape index (κ2) is 4.09. The highest BCUT2D eigenvalue weighted by molar-refractivity contribution is 5.69. The van der Waals surface area contributed by atoms with Crippen LogP contribution in [0.5, 0.6) is 0 Å². The molecule has 1 amide bonds. The predicted molar refractivity (Wildman–Crippen MR) is 70.6 cm³/mol. The molecular formula is C14H25NO4. The highest BCUT2D eigenvalue weighted by atomic mass is 16.6. The second-order valence-electron chi connectivity index (χ2n) is 7.40. The first-order valence-electron chi connectivity index (χ1n) is 6.88. The van der Waals surface area contributed by atoms with Crippen molar-refractivity contribution in [3.8, 4) is 0 Å². The summed E-state index contributed by atoms with van der Waals surface area (Å²) >= 11 is 0. The Morgan fingerprint density at radius 3 is 2.32 bits per heavy atom. The molecule has 5 heteroatoms. The number of nitrogens with one attached hydrogen (secondary N) is 1. The van der Waals surface area contributed by atoms with Gasteiger partial charge in [-0.25, -0.2) is 4.79 Å². The summed E-state index contributed by atoms with van der Waals surface area (Å²) in [4.78, 5) is 12.0. The van der Waals surface area contributed by atoms with Crippen molar-refractivity contribution in [3.05, 3.63) is 0 Å². The van der Waals surface area contributed by atoms with E-state index < -0.39 is 29.4 Å². The lowest BCUT2D eigenvalue weighted by molar-refractivity contribution is -0.0392. The maximum atomic E-state index is 12.0. The molecule has 0 spiro atoms. The van der Waals surface area contributed by atoms with Crippen LogP contribution in [0.2, 0.25) is 0 Å². The Kier molecular flexibility index (Phi) is 3.14. The van der Waals surface area contributed by atoms with Gasteiger partial charge in [0, 0.05) is 0 Å². The van der Waals surface area contributed by atoms with E-state index in [1.54, 1.807) is 20.8 Å². The van der Waals surface area contributed by atoms with Crippen LogP contribution < -0.4 is 5.32 Å². The first-order valence-corrected chi connectivity index (χ1v) is 6.88. The Hall–Kier alpha value is -0.810. The van der Waals surface area contributed by atoms with Crippen LogP contribution in [-0.4, -0.2) is 39.7 Å². The topological polar surface area (TPSA) is 78.8 Å². The van der Waals surface area contributed by atoms with Gasteiger partial charge in [-0.1, -0.05) is 13.8 Å². The van der Waals surface area contributed by atoms with E-state index in [-0.39, 0.29) is 11.3 Å². The Bertz CT molecular complexity index is 387. The fourth-order valence-corrected chi connectivity index (χ4v) is 3.82. The molecular weight excluding hydrogens is 246 g/mol. The molecule has 3 N–H and O–H groups in total. The zero-order chi connectivity index (χ0) is 14.6. The molecule has 0 heterocycles. The van der Waals surface area contributed by atoms with E-state index in [2.05, 4.69) is 5.32 Å². The van der Waals surface area contributed by atoms with Gasteiger partial charge < -0.3 is 20.3 Å². The molecule has 19 heavy (non-hydrogen) atoms. The van der Waals surface area contributed by atoms with E-state index in [1.165, 1.54) is 0 Å². The van der Waals surface area contributed by atoms with Crippen LogP contribution in [0, 0.1) is 11.3 Å². The molecule has 4 atom stereocenters. The Morgan fingerprint density at radius 2 is 1.89 bits per heavy atom. The van der Waals surface area contributed by atoms with Gasteiger partial charge in [-0.2, -0.15) is 0 Å². The lowest BCUT2D eigenvalue weighted by Gasteiger charge is -2.41. The molecule has 0 saturated heterocycles. The fourth-order valence-electron chi connectivity index (χ4n) is 3.82. The quantitative estimate of drug-likeness (QED) is 0.674. The van der Waals surface area contributed by atoms with Crippen molar-refractivity contribution in [1.29, 1.82) is 0 Å². The highest BCUT2D eigenvalue weighted by Crippen LogP contribution is 2.60. The van der Waals surface area contributed by atoms with Crippen molar-refractivity contribution in [2.45, 2.75) is 70.8 Å². The summed E-state index contributed by atoms with van der Waals surface area (Å²) in [5.74, 6) is 0.0115. The molecule has 2 saturated carbocycles. The second-order valence-corrected chi connectivity index (χ2v) is 7.40. The van der Waals surface area contributed by atoms with Gasteiger partial charge in [0.1, 0.15) is 11.7 Å². The number of alkyl carbamates (subject to hydrolysis) is 1. The minimum absolute atomic E-state index is 0.0115. The summed E-state index contributed by atoms with van der Waals surface area (Å²) in [7, 11) is 0. The van der Waals surface area contributed by atoms with Crippen LogP contribution in [0.4, 0.5) is 4.79 Å². The van der Waals surface area contributed by atoms with E-state index in [0.717, 1.165) is 6.42 Å². The molecule has 2 bridgehead atoms. The summed E-state index contributed by atoms with van der Waals surface area (Å²) in [6.07, 6.45) is -0.773. The highest BCUT2D eigenvalue weighted by Gasteiger charge is 2.69. The largest absolute Gasteiger partial charge is 0.444 e. The van der Waals surface area contributed by atoms with Crippen molar-refractivity contribution in [2.24, 2.45) is 11.3 Å². The average molecular weight is 271 g/mol. The van der Waals surface area contributed by atoms with Gasteiger partial charge in [0.15, 0.2) is 0 Å². The van der Waals surface area contributed by atoms with E-state index >= 15 is 0 Å². The van der Waals surface area contributed by atoms with Crippen LogP contribution in [0.15, 0.2) is 0 Å². The number of hydrogen-bond donors (Lipinski definition) is 3. The van der Waals surface area contributed by atoms with Crippen LogP contribution >= 0.6 is 0 Å². The number of carbonyl (C=O) groups is 1. The molecule has 2 aliphatic carbocycles. The zero-order valence-electron chi connectivity index (χ0n) is 12.4. The van der Waals surface area contributed by atoms with Gasteiger partial charge in [-0.3, -0.25) is 0 Å². The van der Waals surface area contributed by atoms with Gasteiger partial charge in [0.25, 0.3) is 0 Å². The minimum Gasteiger partial charge on any atom is -0.444 e. The van der Waals surface area contributed by atoms with Crippen molar-refractivity contribution in [2.75, 3.05) is 0 Å². The summed E-state index contributed by atoms with van der Waals surface area (Å²) in [5, 5.41) is 23.2.